The Kier molecular flexibility index (Phi) is 4.93. The van der Waals surface area contributed by atoms with Crippen molar-refractivity contribution in [3.8, 4) is 0 Å². The van der Waals surface area contributed by atoms with Crippen LogP contribution in [0.15, 0.2) is 18.5 Å². The maximum Gasteiger partial charge on any atom is 0.255 e. The Morgan fingerprint density at radius 2 is 1.81 bits per heavy atom. The average molecular weight is 359 g/mol. The van der Waals surface area contributed by atoms with Gasteiger partial charge in [-0.2, -0.15) is 10.2 Å². The molecule has 1 aromatic rings. The minimum absolute atomic E-state index is 0.0572. The molecule has 1 spiro atoms. The largest absolute Gasteiger partial charge is 0.345 e. The molecule has 1 aromatic heterocycles. The van der Waals surface area contributed by atoms with Crippen LogP contribution in [0.5, 0.6) is 0 Å². The Morgan fingerprint density at radius 3 is 2.38 bits per heavy atom. The van der Waals surface area contributed by atoms with Gasteiger partial charge in [0, 0.05) is 57.5 Å². The number of likely N-dealkylation sites (tertiary alicyclic amines) is 1. The van der Waals surface area contributed by atoms with Crippen molar-refractivity contribution in [2.24, 2.45) is 11.3 Å². The van der Waals surface area contributed by atoms with Gasteiger partial charge >= 0.3 is 0 Å². The molecule has 3 rings (SSSR count). The maximum absolute atomic E-state index is 12.9. The second kappa shape index (κ2) is 7.01. The fourth-order valence-electron chi connectivity index (χ4n) is 3.90. The molecule has 2 aliphatic heterocycles. The van der Waals surface area contributed by atoms with Gasteiger partial charge in [0.05, 0.1) is 18.0 Å². The molecule has 3 heterocycles. The standard InChI is InChI=1S/C18H25N5O3/c1-13(2)16(25)22-6-7-23(17(26)14-4-5-19-20-9-14)12-18(11-22)8-15(24)21(3)10-18/h4-5,9,13H,6-8,10-12H2,1-3H3. The summed E-state index contributed by atoms with van der Waals surface area (Å²) in [6.45, 7) is 6.16. The Balaban J connectivity index is 1.88. The maximum atomic E-state index is 12.9. The highest BCUT2D eigenvalue weighted by atomic mass is 16.2. The molecular weight excluding hydrogens is 334 g/mol. The van der Waals surface area contributed by atoms with E-state index in [9.17, 15) is 14.4 Å². The van der Waals surface area contributed by atoms with Gasteiger partial charge in [-0.15, -0.1) is 0 Å². The Hall–Kier alpha value is -2.51. The molecule has 26 heavy (non-hydrogen) atoms. The van der Waals surface area contributed by atoms with E-state index in [4.69, 9.17) is 0 Å². The Morgan fingerprint density at radius 1 is 1.12 bits per heavy atom. The monoisotopic (exact) mass is 359 g/mol. The number of amides is 3. The van der Waals surface area contributed by atoms with Gasteiger partial charge in [0.25, 0.3) is 5.91 Å². The van der Waals surface area contributed by atoms with E-state index in [1.807, 2.05) is 18.7 Å². The fourth-order valence-corrected chi connectivity index (χ4v) is 3.90. The third-order valence-corrected chi connectivity index (χ3v) is 5.14. The first kappa shape index (κ1) is 18.3. The van der Waals surface area contributed by atoms with Crippen LogP contribution in [0, 0.1) is 11.3 Å². The van der Waals surface area contributed by atoms with Gasteiger partial charge < -0.3 is 14.7 Å². The number of nitrogens with zero attached hydrogens (tertiary/aromatic N) is 5. The average Bonchev–Trinajstić information content (AvgIpc) is 2.79. The lowest BCUT2D eigenvalue weighted by Gasteiger charge is -2.33. The van der Waals surface area contributed by atoms with Crippen LogP contribution in [0.25, 0.3) is 0 Å². The number of hydrogen-bond acceptors (Lipinski definition) is 5. The lowest BCUT2D eigenvalue weighted by molar-refractivity contribution is -0.135. The molecular formula is C18H25N5O3. The quantitative estimate of drug-likeness (QED) is 0.756. The van der Waals surface area contributed by atoms with Crippen molar-refractivity contribution in [1.82, 2.24) is 24.9 Å². The molecule has 1 atom stereocenters. The molecule has 0 bridgehead atoms. The van der Waals surface area contributed by atoms with Gasteiger partial charge in [-0.05, 0) is 6.07 Å². The van der Waals surface area contributed by atoms with Crippen LogP contribution in [0.4, 0.5) is 0 Å². The van der Waals surface area contributed by atoms with Gasteiger partial charge in [-0.3, -0.25) is 14.4 Å². The molecule has 0 saturated carbocycles. The zero-order valence-corrected chi connectivity index (χ0v) is 15.5. The number of aromatic nitrogens is 2. The van der Waals surface area contributed by atoms with Crippen molar-refractivity contribution in [2.45, 2.75) is 20.3 Å². The van der Waals surface area contributed by atoms with E-state index in [-0.39, 0.29) is 23.6 Å². The molecule has 0 aliphatic carbocycles. The van der Waals surface area contributed by atoms with E-state index in [2.05, 4.69) is 10.2 Å². The molecule has 8 nitrogen and oxygen atoms in total. The van der Waals surface area contributed by atoms with Crippen molar-refractivity contribution in [3.63, 3.8) is 0 Å². The van der Waals surface area contributed by atoms with Gasteiger partial charge in [-0.1, -0.05) is 13.8 Å². The number of carbonyl (C=O) groups is 3. The highest BCUT2D eigenvalue weighted by Crippen LogP contribution is 2.35. The van der Waals surface area contributed by atoms with Crippen LogP contribution in [0.1, 0.15) is 30.6 Å². The van der Waals surface area contributed by atoms with Crippen LogP contribution in [-0.4, -0.2) is 82.4 Å². The first-order valence-electron chi connectivity index (χ1n) is 8.90. The van der Waals surface area contributed by atoms with Crippen LogP contribution < -0.4 is 0 Å². The summed E-state index contributed by atoms with van der Waals surface area (Å²) in [5, 5.41) is 7.49. The zero-order valence-electron chi connectivity index (χ0n) is 15.5. The van der Waals surface area contributed by atoms with Crippen molar-refractivity contribution < 1.29 is 14.4 Å². The highest BCUT2D eigenvalue weighted by molar-refractivity contribution is 5.94. The number of carbonyl (C=O) groups excluding carboxylic acids is 3. The summed E-state index contributed by atoms with van der Waals surface area (Å²) in [5.74, 6) is -0.137. The van der Waals surface area contributed by atoms with Crippen molar-refractivity contribution in [1.29, 1.82) is 0 Å². The number of rotatable bonds is 2. The van der Waals surface area contributed by atoms with E-state index in [1.54, 1.807) is 22.9 Å². The van der Waals surface area contributed by atoms with Crippen molar-refractivity contribution in [2.75, 3.05) is 39.8 Å². The van der Waals surface area contributed by atoms with Crippen LogP contribution in [0.3, 0.4) is 0 Å². The molecule has 1 unspecified atom stereocenters. The minimum atomic E-state index is -0.428. The van der Waals surface area contributed by atoms with Gasteiger partial charge in [0.2, 0.25) is 11.8 Å². The van der Waals surface area contributed by atoms with Gasteiger partial charge in [0.1, 0.15) is 0 Å². The molecule has 2 fully saturated rings. The van der Waals surface area contributed by atoms with E-state index < -0.39 is 5.41 Å². The fraction of sp³-hybridized carbons (Fsp3) is 0.611. The van der Waals surface area contributed by atoms with Crippen molar-refractivity contribution >= 4 is 17.7 Å². The topological polar surface area (TPSA) is 86.7 Å². The molecule has 0 aromatic carbocycles. The van der Waals surface area contributed by atoms with E-state index in [0.717, 1.165) is 0 Å². The second-order valence-corrected chi connectivity index (χ2v) is 7.70. The molecule has 2 aliphatic rings. The third kappa shape index (κ3) is 3.54. The lowest BCUT2D eigenvalue weighted by Crippen LogP contribution is -2.45. The van der Waals surface area contributed by atoms with Gasteiger partial charge in [0.15, 0.2) is 0 Å². The summed E-state index contributed by atoms with van der Waals surface area (Å²) in [6, 6.07) is 1.63. The molecule has 140 valence electrons. The second-order valence-electron chi connectivity index (χ2n) is 7.70. The van der Waals surface area contributed by atoms with Crippen LogP contribution in [0.2, 0.25) is 0 Å². The van der Waals surface area contributed by atoms with Crippen LogP contribution >= 0.6 is 0 Å². The Labute approximate surface area is 153 Å². The van der Waals surface area contributed by atoms with Crippen LogP contribution in [-0.2, 0) is 9.59 Å². The molecule has 2 saturated heterocycles. The SMILES string of the molecule is CC(C)C(=O)N1CCN(C(=O)c2ccnnc2)CC2(CC(=O)N(C)C2)C1. The normalized spacial score (nSPS) is 23.7. The zero-order chi connectivity index (χ0) is 18.9. The predicted octanol–water partition coefficient (Wildman–Crippen LogP) is 0.266. The summed E-state index contributed by atoms with van der Waals surface area (Å²) in [4.78, 5) is 43.0. The highest BCUT2D eigenvalue weighted by Gasteiger charge is 2.47. The van der Waals surface area contributed by atoms with E-state index in [1.165, 1.54) is 12.4 Å². The summed E-state index contributed by atoms with van der Waals surface area (Å²) in [7, 11) is 1.77. The first-order valence-corrected chi connectivity index (χ1v) is 8.90. The summed E-state index contributed by atoms with van der Waals surface area (Å²) < 4.78 is 0. The summed E-state index contributed by atoms with van der Waals surface area (Å²) in [6.07, 6.45) is 3.29. The smallest absolute Gasteiger partial charge is 0.255 e. The molecule has 0 N–H and O–H groups in total. The van der Waals surface area contributed by atoms with Gasteiger partial charge in [-0.25, -0.2) is 0 Å². The molecule has 3 amide bonds. The summed E-state index contributed by atoms with van der Waals surface area (Å²) in [5.41, 5.74) is 0.0414. The van der Waals surface area contributed by atoms with Crippen molar-refractivity contribution in [3.05, 3.63) is 24.0 Å². The predicted molar refractivity (Wildman–Crippen MR) is 94.0 cm³/mol. The lowest BCUT2D eigenvalue weighted by atomic mass is 9.85. The summed E-state index contributed by atoms with van der Waals surface area (Å²) >= 11 is 0. The third-order valence-electron chi connectivity index (χ3n) is 5.14. The molecule has 0 radical (unpaired) electrons. The van der Waals surface area contributed by atoms with E-state index >= 15 is 0 Å². The van der Waals surface area contributed by atoms with E-state index in [0.29, 0.717) is 44.7 Å². The number of hydrogen-bond donors (Lipinski definition) is 0. The first-order chi connectivity index (χ1) is 12.3. The molecule has 8 heteroatoms. The Bertz CT molecular complexity index is 708. The minimum Gasteiger partial charge on any atom is -0.345 e.